The molecule has 106 valence electrons. The van der Waals surface area contributed by atoms with E-state index in [0.29, 0.717) is 6.04 Å². The summed E-state index contributed by atoms with van der Waals surface area (Å²) in [6.07, 6.45) is 2.62. The Balaban J connectivity index is 1.93. The summed E-state index contributed by atoms with van der Waals surface area (Å²) in [6, 6.07) is 9.97. The van der Waals surface area contributed by atoms with Gasteiger partial charge in [0.15, 0.2) is 0 Å². The highest BCUT2D eigenvalue weighted by molar-refractivity contribution is 7.15. The number of hydrogen-bond acceptors (Lipinski definition) is 2. The van der Waals surface area contributed by atoms with Gasteiger partial charge in [-0.3, -0.25) is 0 Å². The third-order valence-electron chi connectivity index (χ3n) is 3.92. The van der Waals surface area contributed by atoms with Gasteiger partial charge in [-0.1, -0.05) is 19.1 Å². The van der Waals surface area contributed by atoms with Crippen molar-refractivity contribution in [3.63, 3.8) is 0 Å². The molecule has 1 aromatic heterocycles. The smallest absolute Gasteiger partial charge is 0.132 e. The van der Waals surface area contributed by atoms with E-state index in [9.17, 15) is 4.39 Å². The number of halogens is 1. The average molecular weight is 289 g/mol. The molecule has 1 unspecified atom stereocenters. The largest absolute Gasteiger partial charge is 0.309 e. The highest BCUT2D eigenvalue weighted by atomic mass is 32.1. The lowest BCUT2D eigenvalue weighted by atomic mass is 10.1. The van der Waals surface area contributed by atoms with Crippen molar-refractivity contribution < 1.29 is 4.39 Å². The molecular weight excluding hydrogens is 269 g/mol. The second-order valence-corrected chi connectivity index (χ2v) is 6.62. The van der Waals surface area contributed by atoms with Gasteiger partial charge in [-0.15, -0.1) is 11.3 Å². The van der Waals surface area contributed by atoms with Crippen molar-refractivity contribution in [2.45, 2.75) is 32.7 Å². The Morgan fingerprint density at radius 2 is 2.10 bits per heavy atom. The first-order valence-corrected chi connectivity index (χ1v) is 8.11. The molecule has 3 rings (SSSR count). The maximum atomic E-state index is 14.1. The van der Waals surface area contributed by atoms with E-state index < -0.39 is 0 Å². The number of benzene rings is 1. The van der Waals surface area contributed by atoms with Crippen LogP contribution in [0.25, 0.3) is 10.4 Å². The van der Waals surface area contributed by atoms with E-state index in [2.05, 4.69) is 24.4 Å². The molecule has 2 aromatic rings. The Hall–Kier alpha value is -1.19. The second kappa shape index (κ2) is 5.66. The van der Waals surface area contributed by atoms with Crippen LogP contribution in [0.2, 0.25) is 0 Å². The van der Waals surface area contributed by atoms with Crippen LogP contribution in [0.5, 0.6) is 0 Å². The number of nitrogens with one attached hydrogen (secondary N) is 1. The standard InChI is InChI=1S/C17H20FNS/c1-3-19-17(12-7-8-12)15-10-9-14(20-15)16-11(2)5-4-6-13(16)18/h4-6,9-10,12,17,19H,3,7-8H2,1-2H3. The van der Waals surface area contributed by atoms with Crippen LogP contribution in [-0.4, -0.2) is 6.54 Å². The Kier molecular flexibility index (Phi) is 3.90. The molecule has 0 amide bonds. The number of rotatable bonds is 5. The number of hydrogen-bond donors (Lipinski definition) is 1. The molecular formula is C17H20FNS. The van der Waals surface area contributed by atoms with Gasteiger partial charge in [0.1, 0.15) is 5.82 Å². The van der Waals surface area contributed by atoms with E-state index in [4.69, 9.17) is 0 Å². The zero-order chi connectivity index (χ0) is 14.1. The normalized spacial score (nSPS) is 16.4. The van der Waals surface area contributed by atoms with Gasteiger partial charge in [-0.25, -0.2) is 4.39 Å². The van der Waals surface area contributed by atoms with Crippen molar-refractivity contribution in [2.24, 2.45) is 5.92 Å². The highest BCUT2D eigenvalue weighted by Crippen LogP contribution is 2.44. The minimum atomic E-state index is -0.121. The fourth-order valence-corrected chi connectivity index (χ4v) is 4.04. The lowest BCUT2D eigenvalue weighted by molar-refractivity contribution is 0.504. The summed E-state index contributed by atoms with van der Waals surface area (Å²) >= 11 is 1.73. The lowest BCUT2D eigenvalue weighted by Crippen LogP contribution is -2.21. The first kappa shape index (κ1) is 13.8. The number of aryl methyl sites for hydroxylation is 1. The Morgan fingerprint density at radius 1 is 1.30 bits per heavy atom. The predicted octanol–water partition coefficient (Wildman–Crippen LogP) is 4.92. The monoisotopic (exact) mass is 289 g/mol. The van der Waals surface area contributed by atoms with E-state index in [0.717, 1.165) is 28.5 Å². The maximum absolute atomic E-state index is 14.1. The average Bonchev–Trinajstić information content (AvgIpc) is 3.15. The summed E-state index contributed by atoms with van der Waals surface area (Å²) in [4.78, 5) is 2.38. The summed E-state index contributed by atoms with van der Waals surface area (Å²) in [5, 5.41) is 3.57. The molecule has 1 aliphatic rings. The van der Waals surface area contributed by atoms with Gasteiger partial charge in [-0.2, -0.15) is 0 Å². The molecule has 1 nitrogen and oxygen atoms in total. The summed E-state index contributed by atoms with van der Waals surface area (Å²) in [7, 11) is 0. The number of thiophene rings is 1. The zero-order valence-electron chi connectivity index (χ0n) is 11.9. The minimum Gasteiger partial charge on any atom is -0.309 e. The molecule has 0 radical (unpaired) electrons. The van der Waals surface area contributed by atoms with Crippen LogP contribution in [0.4, 0.5) is 4.39 Å². The molecule has 1 aliphatic carbocycles. The van der Waals surface area contributed by atoms with Crippen LogP contribution in [0, 0.1) is 18.7 Å². The minimum absolute atomic E-state index is 0.121. The molecule has 1 heterocycles. The first-order valence-electron chi connectivity index (χ1n) is 7.29. The SMILES string of the molecule is CCNC(c1ccc(-c2c(C)cccc2F)s1)C1CC1. The van der Waals surface area contributed by atoms with E-state index in [-0.39, 0.29) is 5.82 Å². The molecule has 1 aromatic carbocycles. The van der Waals surface area contributed by atoms with Crippen molar-refractivity contribution in [3.05, 3.63) is 46.6 Å². The van der Waals surface area contributed by atoms with Crippen molar-refractivity contribution in [1.29, 1.82) is 0 Å². The van der Waals surface area contributed by atoms with Gasteiger partial charge in [0.05, 0.1) is 0 Å². The molecule has 1 atom stereocenters. The molecule has 0 spiro atoms. The topological polar surface area (TPSA) is 12.0 Å². The van der Waals surface area contributed by atoms with Crippen molar-refractivity contribution in [1.82, 2.24) is 5.32 Å². The van der Waals surface area contributed by atoms with Crippen LogP contribution in [0.15, 0.2) is 30.3 Å². The molecule has 0 saturated heterocycles. The Bertz CT molecular complexity index is 581. The van der Waals surface area contributed by atoms with E-state index in [1.165, 1.54) is 17.7 Å². The fraction of sp³-hybridized carbons (Fsp3) is 0.412. The quantitative estimate of drug-likeness (QED) is 0.823. The molecule has 0 bridgehead atoms. The Morgan fingerprint density at radius 3 is 2.75 bits per heavy atom. The molecule has 1 N–H and O–H groups in total. The van der Waals surface area contributed by atoms with Gasteiger partial charge in [0, 0.05) is 21.4 Å². The van der Waals surface area contributed by atoms with E-state index in [1.54, 1.807) is 23.5 Å². The van der Waals surface area contributed by atoms with Gasteiger partial charge in [-0.05, 0) is 56.0 Å². The first-order chi connectivity index (χ1) is 9.70. The predicted molar refractivity (Wildman–Crippen MR) is 83.6 cm³/mol. The molecule has 0 aliphatic heterocycles. The maximum Gasteiger partial charge on any atom is 0.132 e. The zero-order valence-corrected chi connectivity index (χ0v) is 12.8. The third kappa shape index (κ3) is 2.65. The molecule has 1 saturated carbocycles. The van der Waals surface area contributed by atoms with Crippen LogP contribution < -0.4 is 5.32 Å². The molecule has 3 heteroatoms. The van der Waals surface area contributed by atoms with Gasteiger partial charge < -0.3 is 5.32 Å². The summed E-state index contributed by atoms with van der Waals surface area (Å²) in [5.41, 5.74) is 1.76. The Labute approximate surface area is 123 Å². The molecule has 20 heavy (non-hydrogen) atoms. The molecule has 1 fully saturated rings. The van der Waals surface area contributed by atoms with Gasteiger partial charge >= 0.3 is 0 Å². The summed E-state index contributed by atoms with van der Waals surface area (Å²) in [5.74, 6) is 0.646. The second-order valence-electron chi connectivity index (χ2n) is 5.51. The van der Waals surface area contributed by atoms with Crippen molar-refractivity contribution in [2.75, 3.05) is 6.54 Å². The highest BCUT2D eigenvalue weighted by Gasteiger charge is 2.32. The summed E-state index contributed by atoms with van der Waals surface area (Å²) < 4.78 is 14.1. The third-order valence-corrected chi connectivity index (χ3v) is 5.10. The van der Waals surface area contributed by atoms with Crippen LogP contribution >= 0.6 is 11.3 Å². The van der Waals surface area contributed by atoms with Crippen LogP contribution in [0.3, 0.4) is 0 Å². The van der Waals surface area contributed by atoms with Crippen molar-refractivity contribution >= 4 is 11.3 Å². The summed E-state index contributed by atoms with van der Waals surface area (Å²) in [6.45, 7) is 5.10. The van der Waals surface area contributed by atoms with Crippen LogP contribution in [-0.2, 0) is 0 Å². The van der Waals surface area contributed by atoms with Crippen molar-refractivity contribution in [3.8, 4) is 10.4 Å². The lowest BCUT2D eigenvalue weighted by Gasteiger charge is -2.15. The van der Waals surface area contributed by atoms with Gasteiger partial charge in [0.25, 0.3) is 0 Å². The fourth-order valence-electron chi connectivity index (χ4n) is 2.75. The van der Waals surface area contributed by atoms with Crippen LogP contribution in [0.1, 0.15) is 36.2 Å². The van der Waals surface area contributed by atoms with E-state index >= 15 is 0 Å². The van der Waals surface area contributed by atoms with Gasteiger partial charge in [0.2, 0.25) is 0 Å². The van der Waals surface area contributed by atoms with E-state index in [1.807, 2.05) is 13.0 Å².